The summed E-state index contributed by atoms with van der Waals surface area (Å²) >= 11 is 3.38. The van der Waals surface area contributed by atoms with Crippen LogP contribution in [0.3, 0.4) is 0 Å². The van der Waals surface area contributed by atoms with Crippen molar-refractivity contribution in [3.05, 3.63) is 47.8 Å². The molecule has 2 heterocycles. The Morgan fingerprint density at radius 2 is 2.00 bits per heavy atom. The highest BCUT2D eigenvalue weighted by molar-refractivity contribution is 9.08. The van der Waals surface area contributed by atoms with Gasteiger partial charge >= 0.3 is 5.97 Å². The molecule has 0 fully saturated rings. The zero-order valence-electron chi connectivity index (χ0n) is 12.3. The largest absolute Gasteiger partial charge is 0.456 e. The molecule has 0 aliphatic rings. The quantitative estimate of drug-likeness (QED) is 0.621. The van der Waals surface area contributed by atoms with Gasteiger partial charge in [0.25, 0.3) is 0 Å². The summed E-state index contributed by atoms with van der Waals surface area (Å²) in [6, 6.07) is 9.06. The molecule has 0 bridgehead atoms. The van der Waals surface area contributed by atoms with Gasteiger partial charge in [0, 0.05) is 11.5 Å². The van der Waals surface area contributed by atoms with Gasteiger partial charge in [-0.15, -0.1) is 0 Å². The van der Waals surface area contributed by atoms with Crippen LogP contribution in [0.2, 0.25) is 0 Å². The number of nitrogens with zero attached hydrogens (tertiary/aromatic N) is 2. The molecule has 0 saturated carbocycles. The van der Waals surface area contributed by atoms with E-state index in [-0.39, 0.29) is 0 Å². The lowest BCUT2D eigenvalue weighted by Crippen LogP contribution is -2.24. The van der Waals surface area contributed by atoms with Crippen molar-refractivity contribution in [1.29, 1.82) is 0 Å². The molecule has 2 rings (SSSR count). The summed E-state index contributed by atoms with van der Waals surface area (Å²) in [6.07, 6.45) is 1.68. The monoisotopic (exact) mass is 348 g/mol. The number of pyridine rings is 2. The van der Waals surface area contributed by atoms with Crippen LogP contribution in [0.1, 0.15) is 36.8 Å². The van der Waals surface area contributed by atoms with Crippen molar-refractivity contribution in [3.8, 4) is 11.4 Å². The molecule has 0 unspecified atom stereocenters. The van der Waals surface area contributed by atoms with Crippen LogP contribution < -0.4 is 0 Å². The van der Waals surface area contributed by atoms with Gasteiger partial charge in [0.05, 0.1) is 17.0 Å². The molecule has 0 radical (unpaired) electrons. The van der Waals surface area contributed by atoms with Crippen molar-refractivity contribution in [3.63, 3.8) is 0 Å². The predicted molar refractivity (Wildman–Crippen MR) is 85.3 cm³/mol. The first-order valence-corrected chi connectivity index (χ1v) is 7.73. The third-order valence-electron chi connectivity index (χ3n) is 2.62. The van der Waals surface area contributed by atoms with E-state index < -0.39 is 11.6 Å². The number of carbonyl (C=O) groups excluding carboxylic acids is 1. The van der Waals surface area contributed by atoms with Gasteiger partial charge in [-0.2, -0.15) is 0 Å². The number of rotatable bonds is 3. The van der Waals surface area contributed by atoms with E-state index in [4.69, 9.17) is 4.74 Å². The minimum Gasteiger partial charge on any atom is -0.456 e. The topological polar surface area (TPSA) is 52.1 Å². The Kier molecular flexibility index (Phi) is 4.73. The SMILES string of the molecule is CC(C)(C)OC(=O)c1ccc(CBr)nc1-c1ccccn1. The summed E-state index contributed by atoms with van der Waals surface area (Å²) < 4.78 is 5.44. The molecule has 0 amide bonds. The lowest BCUT2D eigenvalue weighted by Gasteiger charge is -2.20. The average Bonchev–Trinajstić information content (AvgIpc) is 2.45. The lowest BCUT2D eigenvalue weighted by atomic mass is 10.1. The first kappa shape index (κ1) is 15.6. The minimum absolute atomic E-state index is 0.392. The summed E-state index contributed by atoms with van der Waals surface area (Å²) in [5.74, 6) is -0.392. The van der Waals surface area contributed by atoms with E-state index in [2.05, 4.69) is 25.9 Å². The van der Waals surface area contributed by atoms with Crippen molar-refractivity contribution in [2.24, 2.45) is 0 Å². The maximum absolute atomic E-state index is 12.4. The van der Waals surface area contributed by atoms with Crippen molar-refractivity contribution in [1.82, 2.24) is 9.97 Å². The fraction of sp³-hybridized carbons (Fsp3) is 0.312. The average molecular weight is 349 g/mol. The number of ether oxygens (including phenoxy) is 1. The Bertz CT molecular complexity index is 636. The minimum atomic E-state index is -0.549. The molecule has 110 valence electrons. The maximum Gasteiger partial charge on any atom is 0.340 e. The van der Waals surface area contributed by atoms with Gasteiger partial charge in [-0.3, -0.25) is 4.98 Å². The molecule has 4 nitrogen and oxygen atoms in total. The van der Waals surface area contributed by atoms with Gasteiger partial charge < -0.3 is 4.74 Å². The highest BCUT2D eigenvalue weighted by Crippen LogP contribution is 2.23. The third kappa shape index (κ3) is 4.11. The molecule has 0 atom stereocenters. The molecule has 0 spiro atoms. The maximum atomic E-state index is 12.4. The van der Waals surface area contributed by atoms with E-state index in [0.29, 0.717) is 22.3 Å². The number of aromatic nitrogens is 2. The van der Waals surface area contributed by atoms with E-state index in [1.807, 2.05) is 39.0 Å². The molecule has 0 aliphatic carbocycles. The lowest BCUT2D eigenvalue weighted by molar-refractivity contribution is 0.00700. The summed E-state index contributed by atoms with van der Waals surface area (Å²) in [5.41, 5.74) is 1.91. The van der Waals surface area contributed by atoms with E-state index in [1.165, 1.54) is 0 Å². The van der Waals surface area contributed by atoms with Crippen LogP contribution in [0.5, 0.6) is 0 Å². The number of esters is 1. The number of hydrogen-bond acceptors (Lipinski definition) is 4. The van der Waals surface area contributed by atoms with Crippen LogP contribution in [0, 0.1) is 0 Å². The Morgan fingerprint density at radius 3 is 2.57 bits per heavy atom. The normalized spacial score (nSPS) is 11.2. The first-order chi connectivity index (χ1) is 9.90. The zero-order valence-corrected chi connectivity index (χ0v) is 13.8. The van der Waals surface area contributed by atoms with Crippen LogP contribution >= 0.6 is 15.9 Å². The van der Waals surface area contributed by atoms with E-state index in [1.54, 1.807) is 18.3 Å². The van der Waals surface area contributed by atoms with Gasteiger partial charge in [0.15, 0.2) is 0 Å². The van der Waals surface area contributed by atoms with Gasteiger partial charge in [-0.25, -0.2) is 9.78 Å². The molecule has 0 aromatic carbocycles. The summed E-state index contributed by atoms with van der Waals surface area (Å²) in [7, 11) is 0. The van der Waals surface area contributed by atoms with Gasteiger partial charge in [-0.1, -0.05) is 22.0 Å². The molecule has 21 heavy (non-hydrogen) atoms. The van der Waals surface area contributed by atoms with E-state index >= 15 is 0 Å². The van der Waals surface area contributed by atoms with Crippen LogP contribution in [0.4, 0.5) is 0 Å². The second kappa shape index (κ2) is 6.35. The Morgan fingerprint density at radius 1 is 1.24 bits per heavy atom. The van der Waals surface area contributed by atoms with Crippen LogP contribution in [0.15, 0.2) is 36.5 Å². The third-order valence-corrected chi connectivity index (χ3v) is 3.19. The molecule has 0 aliphatic heterocycles. The zero-order chi connectivity index (χ0) is 15.5. The number of alkyl halides is 1. The molecule has 0 saturated heterocycles. The fourth-order valence-electron chi connectivity index (χ4n) is 1.77. The van der Waals surface area contributed by atoms with E-state index in [9.17, 15) is 4.79 Å². The highest BCUT2D eigenvalue weighted by Gasteiger charge is 2.22. The van der Waals surface area contributed by atoms with Crippen LogP contribution in [0.25, 0.3) is 11.4 Å². The van der Waals surface area contributed by atoms with Crippen LogP contribution in [-0.2, 0) is 10.1 Å². The standard InChI is InChI=1S/C16H17BrN2O2/c1-16(2,3)21-15(20)12-8-7-11(10-17)19-14(12)13-6-4-5-9-18-13/h4-9H,10H2,1-3H3. The number of carbonyl (C=O) groups is 1. The summed E-state index contributed by atoms with van der Waals surface area (Å²) in [5, 5.41) is 0.613. The van der Waals surface area contributed by atoms with Crippen molar-refractivity contribution >= 4 is 21.9 Å². The molecule has 2 aromatic rings. The smallest absolute Gasteiger partial charge is 0.340 e. The molecule has 5 heteroatoms. The molecular formula is C16H17BrN2O2. The van der Waals surface area contributed by atoms with E-state index in [0.717, 1.165) is 5.69 Å². The Hall–Kier alpha value is -1.75. The Labute approximate surface area is 132 Å². The predicted octanol–water partition coefficient (Wildman–Crippen LogP) is 3.99. The first-order valence-electron chi connectivity index (χ1n) is 6.61. The van der Waals surface area contributed by atoms with Gasteiger partial charge in [-0.05, 0) is 45.0 Å². The second-order valence-corrected chi connectivity index (χ2v) is 6.11. The van der Waals surface area contributed by atoms with Crippen LogP contribution in [-0.4, -0.2) is 21.5 Å². The number of hydrogen-bond donors (Lipinski definition) is 0. The van der Waals surface area contributed by atoms with Crippen molar-refractivity contribution in [2.45, 2.75) is 31.7 Å². The van der Waals surface area contributed by atoms with Gasteiger partial charge in [0.1, 0.15) is 11.3 Å². The summed E-state index contributed by atoms with van der Waals surface area (Å²) in [4.78, 5) is 21.1. The molecule has 0 N–H and O–H groups in total. The van der Waals surface area contributed by atoms with Gasteiger partial charge in [0.2, 0.25) is 0 Å². The summed E-state index contributed by atoms with van der Waals surface area (Å²) in [6.45, 7) is 5.52. The van der Waals surface area contributed by atoms with Crippen molar-refractivity contribution in [2.75, 3.05) is 0 Å². The van der Waals surface area contributed by atoms with Crippen molar-refractivity contribution < 1.29 is 9.53 Å². The number of halogens is 1. The molecule has 2 aromatic heterocycles. The Balaban J connectivity index is 2.48. The highest BCUT2D eigenvalue weighted by atomic mass is 79.9. The molecular weight excluding hydrogens is 332 g/mol. The second-order valence-electron chi connectivity index (χ2n) is 5.55. The fourth-order valence-corrected chi connectivity index (χ4v) is 2.08.